The van der Waals surface area contributed by atoms with Crippen molar-refractivity contribution in [3.05, 3.63) is 158 Å². The van der Waals surface area contributed by atoms with Crippen LogP contribution in [0.4, 0.5) is 11.4 Å². The molecule has 268 valence electrons. The van der Waals surface area contributed by atoms with Crippen LogP contribution in [-0.2, 0) is 0 Å². The van der Waals surface area contributed by atoms with E-state index in [0.717, 1.165) is 69.1 Å². The van der Waals surface area contributed by atoms with E-state index in [1.807, 2.05) is 68.4 Å². The zero-order valence-corrected chi connectivity index (χ0v) is 31.0. The predicted molar refractivity (Wildman–Crippen MR) is 219 cm³/mol. The third-order valence-electron chi connectivity index (χ3n) is 9.30. The molecule has 2 aliphatic rings. The minimum atomic E-state index is -0.325. The maximum absolute atomic E-state index is 8.36. The first kappa shape index (κ1) is 36.3. The molecule has 0 fully saturated rings. The monoisotopic (exact) mass is 733 g/mol. The van der Waals surface area contributed by atoms with E-state index < -0.39 is 0 Å². The Morgan fingerprint density at radius 2 is 1.50 bits per heavy atom. The molecule has 0 saturated carbocycles. The van der Waals surface area contributed by atoms with Crippen molar-refractivity contribution in [2.24, 2.45) is 11.5 Å². The summed E-state index contributed by atoms with van der Waals surface area (Å²) in [5, 5.41) is 24.2. The third-order valence-corrected chi connectivity index (χ3v) is 9.77. The van der Waals surface area contributed by atoms with E-state index in [9.17, 15) is 0 Å². The molecule has 3 atom stereocenters. The second-order valence-corrected chi connectivity index (χ2v) is 14.1. The molecule has 2 heterocycles. The molecule has 0 amide bonds. The first-order valence-electron chi connectivity index (χ1n) is 17.2. The maximum atomic E-state index is 8.36. The number of halogens is 2. The van der Waals surface area contributed by atoms with Crippen molar-refractivity contribution in [2.45, 2.75) is 45.3 Å². The van der Waals surface area contributed by atoms with Crippen LogP contribution in [0.15, 0.2) is 115 Å². The number of anilines is 2. The lowest BCUT2D eigenvalue weighted by atomic mass is 9.85. The molecule has 9 nitrogen and oxygen atoms in total. The summed E-state index contributed by atoms with van der Waals surface area (Å²) in [7, 11) is 0. The van der Waals surface area contributed by atoms with Gasteiger partial charge in [-0.05, 0) is 86.3 Å². The van der Waals surface area contributed by atoms with E-state index in [1.165, 1.54) is 6.21 Å². The standard InChI is InChI=1S/C41H45Cl2N9/c1-23-11-13-34-36(17-23)41(50-32-10-6-8-30(43)20-32)40(51-39(34)25(3)46)26(4)52-48-22-28(21-44)27-12-14-33-35(18-27)37(15-16-47-38(33)24(2)45)49-31-9-5-7-29(42)19-31/h5-14,17-22,37,40-41,44,47-52H,4,15-16,45-46H2,1-3H3/b28-22+,38-24-,39-25-,44-21?. The van der Waals surface area contributed by atoms with Crippen LogP contribution in [0.25, 0.3) is 17.0 Å². The Hall–Kier alpha value is -5.51. The van der Waals surface area contributed by atoms with Gasteiger partial charge in [-0.3, -0.25) is 0 Å². The number of hydrogen-bond acceptors (Lipinski definition) is 9. The van der Waals surface area contributed by atoms with E-state index in [-0.39, 0.29) is 18.1 Å². The van der Waals surface area contributed by atoms with Gasteiger partial charge in [0, 0.05) is 74.2 Å². The average Bonchev–Trinajstić information content (AvgIpc) is 3.29. The van der Waals surface area contributed by atoms with Crippen molar-refractivity contribution in [3.8, 4) is 0 Å². The van der Waals surface area contributed by atoms with E-state index >= 15 is 0 Å². The summed E-state index contributed by atoms with van der Waals surface area (Å²) in [6, 6.07) is 27.4. The van der Waals surface area contributed by atoms with Crippen molar-refractivity contribution in [1.82, 2.24) is 21.5 Å². The molecule has 6 rings (SSSR count). The van der Waals surface area contributed by atoms with E-state index in [1.54, 1.807) is 6.20 Å². The highest BCUT2D eigenvalue weighted by Gasteiger charge is 2.34. The highest BCUT2D eigenvalue weighted by Crippen LogP contribution is 2.38. The van der Waals surface area contributed by atoms with Crippen LogP contribution in [0.3, 0.4) is 0 Å². The molecule has 4 aromatic carbocycles. The van der Waals surface area contributed by atoms with Gasteiger partial charge in [-0.2, -0.15) is 0 Å². The van der Waals surface area contributed by atoms with E-state index in [4.69, 9.17) is 40.1 Å². The fourth-order valence-electron chi connectivity index (χ4n) is 6.82. The summed E-state index contributed by atoms with van der Waals surface area (Å²) in [4.78, 5) is 0. The van der Waals surface area contributed by atoms with Gasteiger partial charge in [0.15, 0.2) is 0 Å². The molecule has 3 unspecified atom stereocenters. The number of benzene rings is 4. The summed E-state index contributed by atoms with van der Waals surface area (Å²) in [5.74, 6) is 0. The Kier molecular flexibility index (Phi) is 11.0. The summed E-state index contributed by atoms with van der Waals surface area (Å²) in [5.41, 5.74) is 31.7. The smallest absolute Gasteiger partial charge is 0.0917 e. The van der Waals surface area contributed by atoms with Gasteiger partial charge in [-0.25, -0.2) is 0 Å². The fourth-order valence-corrected chi connectivity index (χ4v) is 7.20. The lowest BCUT2D eigenvalue weighted by Gasteiger charge is -2.39. The highest BCUT2D eigenvalue weighted by molar-refractivity contribution is 6.31. The molecule has 0 aromatic heterocycles. The Balaban J connectivity index is 1.28. The van der Waals surface area contributed by atoms with Gasteiger partial charge in [-0.15, -0.1) is 0 Å². The van der Waals surface area contributed by atoms with Gasteiger partial charge in [0.05, 0.1) is 29.5 Å². The number of nitrogens with one attached hydrogen (secondary N) is 7. The van der Waals surface area contributed by atoms with Crippen LogP contribution in [0.5, 0.6) is 0 Å². The van der Waals surface area contributed by atoms with Crippen molar-refractivity contribution < 1.29 is 0 Å². The molecular weight excluding hydrogens is 689 g/mol. The summed E-state index contributed by atoms with van der Waals surface area (Å²) in [6.45, 7) is 11.0. The van der Waals surface area contributed by atoms with Gasteiger partial charge >= 0.3 is 0 Å². The lowest BCUT2D eigenvalue weighted by molar-refractivity contribution is 0.516. The largest absolute Gasteiger partial charge is 0.401 e. The molecule has 0 spiro atoms. The Morgan fingerprint density at radius 1 is 0.846 bits per heavy atom. The van der Waals surface area contributed by atoms with Crippen LogP contribution in [0, 0.1) is 12.3 Å². The van der Waals surface area contributed by atoms with Crippen LogP contribution < -0.4 is 43.6 Å². The molecule has 11 N–H and O–H groups in total. The summed E-state index contributed by atoms with van der Waals surface area (Å²) >= 11 is 12.7. The van der Waals surface area contributed by atoms with Gasteiger partial charge in [0.1, 0.15) is 0 Å². The second-order valence-electron chi connectivity index (χ2n) is 13.2. The molecule has 52 heavy (non-hydrogen) atoms. The fraction of sp³-hybridized carbons (Fsp3) is 0.195. The van der Waals surface area contributed by atoms with E-state index in [0.29, 0.717) is 32.7 Å². The van der Waals surface area contributed by atoms with Gasteiger partial charge in [0.25, 0.3) is 0 Å². The Labute approximate surface area is 315 Å². The number of fused-ring (bicyclic) bond motifs is 2. The van der Waals surface area contributed by atoms with Crippen LogP contribution in [0.2, 0.25) is 10.0 Å². The number of rotatable bonds is 10. The number of allylic oxidation sites excluding steroid dienone is 3. The lowest BCUT2D eigenvalue weighted by Crippen LogP contribution is -2.48. The first-order chi connectivity index (χ1) is 25.0. The normalized spacial score (nSPS) is 20.1. The number of hydrazine groups is 1. The number of nitrogens with two attached hydrogens (primary N) is 2. The quantitative estimate of drug-likeness (QED) is 0.0586. The molecule has 0 bridgehead atoms. The van der Waals surface area contributed by atoms with Crippen molar-refractivity contribution >= 4 is 57.8 Å². The summed E-state index contributed by atoms with van der Waals surface area (Å²) in [6.07, 6.45) is 3.91. The third kappa shape index (κ3) is 8.01. The van der Waals surface area contributed by atoms with Crippen molar-refractivity contribution in [1.29, 1.82) is 5.41 Å². The summed E-state index contributed by atoms with van der Waals surface area (Å²) < 4.78 is 0. The minimum Gasteiger partial charge on any atom is -0.401 e. The second kappa shape index (κ2) is 15.8. The topological polar surface area (TPSA) is 148 Å². The molecule has 0 aliphatic carbocycles. The Bertz CT molecular complexity index is 2090. The maximum Gasteiger partial charge on any atom is 0.0917 e. The van der Waals surface area contributed by atoms with Crippen molar-refractivity contribution in [3.63, 3.8) is 0 Å². The minimum absolute atomic E-state index is 0.0308. The van der Waals surface area contributed by atoms with Crippen molar-refractivity contribution in [2.75, 3.05) is 17.2 Å². The van der Waals surface area contributed by atoms with E-state index in [2.05, 4.69) is 76.0 Å². The highest BCUT2D eigenvalue weighted by atomic mass is 35.5. The molecule has 0 saturated heterocycles. The van der Waals surface area contributed by atoms with Gasteiger partial charge in [-0.1, -0.05) is 77.8 Å². The first-order valence-corrected chi connectivity index (χ1v) is 17.9. The van der Waals surface area contributed by atoms with Crippen LogP contribution in [0.1, 0.15) is 65.7 Å². The molecule has 11 heteroatoms. The molecule has 0 radical (unpaired) electrons. The zero-order valence-electron chi connectivity index (χ0n) is 29.5. The zero-order chi connectivity index (χ0) is 36.9. The number of hydrogen-bond donors (Lipinski definition) is 9. The van der Waals surface area contributed by atoms with Crippen LogP contribution >= 0.6 is 23.2 Å². The number of aryl methyl sites for hydroxylation is 1. The van der Waals surface area contributed by atoms with Gasteiger partial charge < -0.3 is 49.0 Å². The SMILES string of the molecule is C=C(NN/C=C(\C=N)c1ccc2c(c1)C(Nc1cccc(Cl)c1)CCN/C2=C(/C)N)C1N/C(=C(/C)N)c2ccc(C)cc2C1Nc1cccc(Cl)c1. The Morgan fingerprint density at radius 3 is 2.15 bits per heavy atom. The average molecular weight is 735 g/mol. The molecule has 4 aromatic rings. The predicted octanol–water partition coefficient (Wildman–Crippen LogP) is 8.17. The molecular formula is C41H45Cl2N9. The van der Waals surface area contributed by atoms with Crippen LogP contribution in [-0.4, -0.2) is 18.8 Å². The van der Waals surface area contributed by atoms with Gasteiger partial charge in [0.2, 0.25) is 0 Å². The molecule has 2 aliphatic heterocycles.